The fourth-order valence-electron chi connectivity index (χ4n) is 5.11. The summed E-state index contributed by atoms with van der Waals surface area (Å²) in [4.78, 5) is 99.8. The predicted molar refractivity (Wildman–Crippen MR) is 172 cm³/mol. The lowest BCUT2D eigenvalue weighted by Gasteiger charge is -2.40. The van der Waals surface area contributed by atoms with E-state index in [2.05, 4.69) is 15.6 Å². The van der Waals surface area contributed by atoms with Gasteiger partial charge in [-0.15, -0.1) is 11.3 Å². The zero-order valence-corrected chi connectivity index (χ0v) is 28.2. The van der Waals surface area contributed by atoms with Crippen molar-refractivity contribution in [3.05, 3.63) is 33.8 Å². The topological polar surface area (TPSA) is 262 Å². The zero-order chi connectivity index (χ0) is 36.2. The number of phenols is 2. The van der Waals surface area contributed by atoms with Crippen LogP contribution < -0.4 is 11.2 Å². The molecule has 260 valence electrons. The first-order chi connectivity index (χ1) is 22.9. The number of halogens is 1. The van der Waals surface area contributed by atoms with Crippen molar-refractivity contribution in [2.45, 2.75) is 43.0 Å². The van der Waals surface area contributed by atoms with Gasteiger partial charge in [0.25, 0.3) is 5.78 Å². The third kappa shape index (κ3) is 6.21. The van der Waals surface area contributed by atoms with E-state index in [1.807, 2.05) is 0 Å². The number of benzene rings is 1. The summed E-state index contributed by atoms with van der Waals surface area (Å²) in [5.41, 5.74) is 5.75. The number of carbonyl (C=O) groups is 7. The highest BCUT2D eigenvalue weighted by molar-refractivity contribution is 8.02. The summed E-state index contributed by atoms with van der Waals surface area (Å²) in [7, 11) is 0. The van der Waals surface area contributed by atoms with Crippen molar-refractivity contribution in [1.29, 1.82) is 0 Å². The number of hydrazine groups is 1. The molecule has 0 aliphatic carbocycles. The lowest BCUT2D eigenvalue weighted by molar-refractivity contribution is -0.154. The molecule has 1 aromatic heterocycles. The molecule has 3 saturated heterocycles. The number of Topliss-reactive ketones (excluding diaryl/α,β-unsaturated/α-hetero) is 3. The number of thiazole rings is 1. The maximum absolute atomic E-state index is 13.5. The molecule has 5 rings (SSSR count). The Balaban J connectivity index is 1.30. The Kier molecular flexibility index (Phi) is 9.25. The molecule has 3 fully saturated rings. The number of urea groups is 1. The number of β-lactam (4-membered cyclic amide) rings is 1. The SMILES string of the molecule is CC(=O)C(C)(C)O/N=C(\C(=O)C[C@@H]1C(=O)N2C[C@@](C(=O)O)(N3CCN(NC(=O)C(=O)c4ccc(O)c(O)c4Cl)C3=O)S[C@H]12)c1csc(N)n1. The highest BCUT2D eigenvalue weighted by Gasteiger charge is 2.66. The van der Waals surface area contributed by atoms with Gasteiger partial charge in [-0.1, -0.05) is 28.5 Å². The van der Waals surface area contributed by atoms with Crippen molar-refractivity contribution in [2.75, 3.05) is 25.4 Å². The number of nitrogens with one attached hydrogen (secondary N) is 1. The highest BCUT2D eigenvalue weighted by Crippen LogP contribution is 2.53. The number of hydrogen-bond acceptors (Lipinski definition) is 15. The number of aromatic nitrogens is 1. The number of anilines is 1. The van der Waals surface area contributed by atoms with Gasteiger partial charge in [0, 0.05) is 18.3 Å². The monoisotopic (exact) mass is 737 g/mol. The molecular weight excluding hydrogens is 710 g/mol. The van der Waals surface area contributed by atoms with E-state index in [1.54, 1.807) is 0 Å². The molecule has 49 heavy (non-hydrogen) atoms. The van der Waals surface area contributed by atoms with Crippen LogP contribution in [0.2, 0.25) is 5.02 Å². The number of thioether (sulfide) groups is 1. The van der Waals surface area contributed by atoms with Crippen molar-refractivity contribution in [1.82, 2.24) is 25.2 Å². The average molecular weight is 738 g/mol. The number of carboxylic acids is 1. The highest BCUT2D eigenvalue weighted by atomic mass is 35.5. The molecule has 0 spiro atoms. The number of phenolic OH excluding ortho intramolecular Hbond substituents is 2. The molecular formula is C28H28ClN7O11S2. The number of aliphatic carboxylic acids is 1. The summed E-state index contributed by atoms with van der Waals surface area (Å²) in [6.45, 7) is 3.28. The van der Waals surface area contributed by atoms with E-state index in [1.165, 1.54) is 31.1 Å². The summed E-state index contributed by atoms with van der Waals surface area (Å²) >= 11 is 7.66. The molecule has 21 heteroatoms. The van der Waals surface area contributed by atoms with Gasteiger partial charge < -0.3 is 30.8 Å². The fourth-order valence-corrected chi connectivity index (χ4v) is 7.59. The van der Waals surface area contributed by atoms with Crippen LogP contribution in [0.3, 0.4) is 0 Å². The van der Waals surface area contributed by atoms with Gasteiger partial charge in [-0.05, 0) is 32.9 Å². The molecule has 3 atom stereocenters. The minimum absolute atomic E-state index is 0.0576. The molecule has 4 heterocycles. The molecule has 6 N–H and O–H groups in total. The van der Waals surface area contributed by atoms with E-state index in [-0.39, 0.29) is 35.4 Å². The summed E-state index contributed by atoms with van der Waals surface area (Å²) in [6.07, 6.45) is -0.434. The Morgan fingerprint density at radius 1 is 1.20 bits per heavy atom. The van der Waals surface area contributed by atoms with Crippen LogP contribution >= 0.6 is 34.7 Å². The van der Waals surface area contributed by atoms with Gasteiger partial charge in [0.15, 0.2) is 39.5 Å². The molecule has 0 unspecified atom stereocenters. The van der Waals surface area contributed by atoms with Crippen molar-refractivity contribution in [2.24, 2.45) is 11.1 Å². The number of nitrogens with zero attached hydrogens (tertiary/aromatic N) is 5. The standard InChI is InChI=1S/C28H28ClN7O11S2/c1-11(37)27(2,3)47-33-18(14-9-48-25(30)31-14)16(39)8-13-22(43)34-10-28(24(44)45,49-23(13)34)35-6-7-36(26(35)46)32-21(42)19(40)12-4-5-15(38)20(41)17(12)29/h4-5,9,13,23,38,41H,6-8,10H2,1-3H3,(H2,30,31)(H,32,42)(H,44,45)/b33-18-/t13-,23-,28-/m1/s1. The fraction of sp³-hybridized carbons (Fsp3) is 0.393. The molecule has 18 nitrogen and oxygen atoms in total. The zero-order valence-electron chi connectivity index (χ0n) is 25.8. The van der Waals surface area contributed by atoms with E-state index in [0.29, 0.717) is 0 Å². The van der Waals surface area contributed by atoms with Crippen molar-refractivity contribution in [3.63, 3.8) is 0 Å². The smallest absolute Gasteiger partial charge is 0.342 e. The Morgan fingerprint density at radius 2 is 1.90 bits per heavy atom. The van der Waals surface area contributed by atoms with Crippen LogP contribution in [-0.4, -0.2) is 117 Å². The van der Waals surface area contributed by atoms with Gasteiger partial charge >= 0.3 is 17.9 Å². The second kappa shape index (κ2) is 12.8. The second-order valence-electron chi connectivity index (χ2n) is 11.6. The van der Waals surface area contributed by atoms with E-state index < -0.39 is 92.2 Å². The number of rotatable bonds is 12. The van der Waals surface area contributed by atoms with Crippen LogP contribution in [0.25, 0.3) is 0 Å². The number of fused-ring (bicyclic) bond motifs is 1. The predicted octanol–water partition coefficient (Wildman–Crippen LogP) is 0.801. The van der Waals surface area contributed by atoms with Gasteiger partial charge in [0.1, 0.15) is 5.69 Å². The number of ketones is 3. The van der Waals surface area contributed by atoms with Gasteiger partial charge in [0.05, 0.1) is 35.0 Å². The number of nitrogen functional groups attached to an aromatic ring is 1. The molecule has 0 radical (unpaired) electrons. The molecule has 0 saturated carbocycles. The summed E-state index contributed by atoms with van der Waals surface area (Å²) in [5.74, 6) is -8.13. The number of oxime groups is 1. The first-order valence-corrected chi connectivity index (χ1v) is 16.4. The molecule has 3 aliphatic heterocycles. The number of amides is 4. The van der Waals surface area contributed by atoms with Crippen LogP contribution in [-0.2, 0) is 28.8 Å². The minimum Gasteiger partial charge on any atom is -0.504 e. The van der Waals surface area contributed by atoms with E-state index in [9.17, 15) is 48.9 Å². The van der Waals surface area contributed by atoms with Gasteiger partial charge in [0.2, 0.25) is 10.8 Å². The van der Waals surface area contributed by atoms with Crippen LogP contribution in [0.5, 0.6) is 11.5 Å². The first-order valence-electron chi connectivity index (χ1n) is 14.3. The quantitative estimate of drug-likeness (QED) is 0.0504. The Morgan fingerprint density at radius 3 is 2.51 bits per heavy atom. The number of carbonyl (C=O) groups excluding carboxylic acids is 6. The van der Waals surface area contributed by atoms with Crippen LogP contribution in [0.15, 0.2) is 22.7 Å². The first kappa shape index (κ1) is 35.4. The molecule has 2 aromatic rings. The van der Waals surface area contributed by atoms with Crippen LogP contribution in [0.4, 0.5) is 9.93 Å². The van der Waals surface area contributed by atoms with Crippen molar-refractivity contribution < 1.29 is 53.7 Å². The van der Waals surface area contributed by atoms with Gasteiger partial charge in [-0.25, -0.2) is 19.6 Å². The third-order valence-electron chi connectivity index (χ3n) is 8.16. The Hall–Kier alpha value is -4.95. The summed E-state index contributed by atoms with van der Waals surface area (Å²) < 4.78 is 0. The second-order valence-corrected chi connectivity index (χ2v) is 14.3. The molecule has 4 amide bonds. The van der Waals surface area contributed by atoms with Crippen molar-refractivity contribution in [3.8, 4) is 11.5 Å². The largest absolute Gasteiger partial charge is 0.504 e. The number of carboxylic acid groups (broad SMARTS) is 1. The number of hydrogen-bond donors (Lipinski definition) is 5. The normalized spacial score (nSPS) is 22.1. The van der Waals surface area contributed by atoms with E-state index in [4.69, 9.17) is 22.2 Å². The maximum Gasteiger partial charge on any atom is 0.342 e. The van der Waals surface area contributed by atoms with E-state index in [0.717, 1.165) is 45.1 Å². The number of aromatic hydroxyl groups is 2. The third-order valence-corrected chi connectivity index (χ3v) is 11.0. The lowest BCUT2D eigenvalue weighted by atomic mass is 9.90. The Labute approximate surface area is 289 Å². The summed E-state index contributed by atoms with van der Waals surface area (Å²) in [6, 6.07) is 0.949. The van der Waals surface area contributed by atoms with Crippen molar-refractivity contribution >= 4 is 86.7 Å². The molecule has 3 aliphatic rings. The van der Waals surface area contributed by atoms with Gasteiger partial charge in [-0.3, -0.25) is 34.3 Å². The summed E-state index contributed by atoms with van der Waals surface area (Å²) in [5, 5.41) is 34.4. The molecule has 0 bridgehead atoms. The molecule has 1 aromatic carbocycles. The minimum atomic E-state index is -2.01. The number of nitrogens with two attached hydrogens (primary N) is 1. The lowest BCUT2D eigenvalue weighted by Crippen LogP contribution is -2.60. The van der Waals surface area contributed by atoms with Crippen LogP contribution in [0, 0.1) is 5.92 Å². The van der Waals surface area contributed by atoms with Crippen LogP contribution in [0.1, 0.15) is 43.2 Å². The maximum atomic E-state index is 13.5. The van der Waals surface area contributed by atoms with Gasteiger partial charge in [-0.2, -0.15) is 0 Å². The Bertz CT molecular complexity index is 1850. The average Bonchev–Trinajstić information content (AvgIpc) is 3.74. The van der Waals surface area contributed by atoms with E-state index >= 15 is 0 Å².